The van der Waals surface area contributed by atoms with Crippen LogP contribution in [-0.4, -0.2) is 35.9 Å². The zero-order valence-corrected chi connectivity index (χ0v) is 8.70. The van der Waals surface area contributed by atoms with Gasteiger partial charge in [-0.3, -0.25) is 0 Å². The molecule has 1 aliphatic heterocycles. The summed E-state index contributed by atoms with van der Waals surface area (Å²) < 4.78 is 0. The van der Waals surface area contributed by atoms with Crippen molar-refractivity contribution in [1.29, 1.82) is 5.26 Å². The first-order valence-electron chi connectivity index (χ1n) is 4.92. The smallest absolute Gasteiger partial charge is 0.158 e. The summed E-state index contributed by atoms with van der Waals surface area (Å²) in [6.07, 6.45) is 4.02. The van der Waals surface area contributed by atoms with Crippen molar-refractivity contribution in [3.8, 4) is 6.07 Å². The average molecular weight is 217 g/mol. The molecule has 1 fully saturated rings. The van der Waals surface area contributed by atoms with Crippen molar-refractivity contribution in [3.05, 3.63) is 18.1 Å². The topological polar surface area (TPSA) is 74.4 Å². The van der Waals surface area contributed by atoms with Gasteiger partial charge in [-0.2, -0.15) is 5.26 Å². The highest BCUT2D eigenvalue weighted by Crippen LogP contribution is 2.18. The number of aromatic nitrogens is 2. The summed E-state index contributed by atoms with van der Waals surface area (Å²) in [6.45, 7) is 4.86. The van der Waals surface area contributed by atoms with E-state index in [4.69, 9.17) is 10.1 Å². The van der Waals surface area contributed by atoms with Crippen molar-refractivity contribution in [2.24, 2.45) is 5.16 Å². The van der Waals surface area contributed by atoms with E-state index in [1.165, 1.54) is 6.20 Å². The molecule has 0 aliphatic carbocycles. The van der Waals surface area contributed by atoms with Gasteiger partial charge in [-0.1, -0.05) is 0 Å². The van der Waals surface area contributed by atoms with Crippen LogP contribution < -0.4 is 4.90 Å². The van der Waals surface area contributed by atoms with Crippen molar-refractivity contribution in [1.82, 2.24) is 9.97 Å². The predicted octanol–water partition coefficient (Wildman–Crippen LogP) is 0.559. The van der Waals surface area contributed by atoms with E-state index in [-0.39, 0.29) is 6.10 Å². The minimum atomic E-state index is 0.0648. The molecule has 82 valence electrons. The maximum Gasteiger partial charge on any atom is 0.158 e. The fourth-order valence-corrected chi connectivity index (χ4v) is 1.67. The summed E-state index contributed by atoms with van der Waals surface area (Å²) in [5.41, 5.74) is 0.323. The highest BCUT2D eigenvalue weighted by molar-refractivity contribution is 5.38. The predicted molar refractivity (Wildman–Crippen MR) is 58.0 cm³/mol. The fourth-order valence-electron chi connectivity index (χ4n) is 1.67. The third kappa shape index (κ3) is 2.08. The van der Waals surface area contributed by atoms with Gasteiger partial charge in [0.1, 0.15) is 18.0 Å². The van der Waals surface area contributed by atoms with E-state index in [0.29, 0.717) is 5.69 Å². The molecule has 1 aromatic heterocycles. The molecule has 2 heterocycles. The van der Waals surface area contributed by atoms with E-state index < -0.39 is 0 Å². The number of nitrogens with zero attached hydrogens (tertiary/aromatic N) is 5. The first-order chi connectivity index (χ1) is 7.83. The summed E-state index contributed by atoms with van der Waals surface area (Å²) in [5, 5.41) is 12.0. The van der Waals surface area contributed by atoms with Crippen molar-refractivity contribution >= 4 is 12.5 Å². The lowest BCUT2D eigenvalue weighted by Crippen LogP contribution is -2.23. The van der Waals surface area contributed by atoms with Crippen LogP contribution in [-0.2, 0) is 4.84 Å². The van der Waals surface area contributed by atoms with Crippen LogP contribution in [0.15, 0.2) is 17.5 Å². The molecule has 6 heteroatoms. The van der Waals surface area contributed by atoms with E-state index in [9.17, 15) is 0 Å². The average Bonchev–Trinajstić information content (AvgIpc) is 2.78. The summed E-state index contributed by atoms with van der Waals surface area (Å²) in [6, 6.07) is 1.93. The zero-order valence-electron chi connectivity index (χ0n) is 8.70. The molecular weight excluding hydrogens is 206 g/mol. The van der Waals surface area contributed by atoms with Gasteiger partial charge >= 0.3 is 0 Å². The number of hydrogen-bond donors (Lipinski definition) is 0. The lowest BCUT2D eigenvalue weighted by molar-refractivity contribution is 0.0769. The van der Waals surface area contributed by atoms with Gasteiger partial charge in [-0.15, -0.1) is 5.16 Å². The lowest BCUT2D eigenvalue weighted by Gasteiger charge is -2.15. The van der Waals surface area contributed by atoms with Gasteiger partial charge in [0.05, 0.1) is 18.9 Å². The van der Waals surface area contributed by atoms with Gasteiger partial charge in [-0.25, -0.2) is 9.97 Å². The first-order valence-corrected chi connectivity index (χ1v) is 4.92. The van der Waals surface area contributed by atoms with Gasteiger partial charge in [0, 0.05) is 19.7 Å². The Morgan fingerprint density at radius 1 is 1.56 bits per heavy atom. The van der Waals surface area contributed by atoms with Crippen LogP contribution >= 0.6 is 0 Å². The highest BCUT2D eigenvalue weighted by atomic mass is 16.6. The Balaban J connectivity index is 2.03. The molecule has 0 radical (unpaired) electrons. The normalized spacial score (nSPS) is 19.2. The Morgan fingerprint density at radius 2 is 2.44 bits per heavy atom. The monoisotopic (exact) mass is 217 g/mol. The molecule has 0 spiro atoms. The molecular formula is C10H11N5O. The Hall–Kier alpha value is -2.16. The molecule has 1 aromatic rings. The summed E-state index contributed by atoms with van der Waals surface area (Å²) in [7, 11) is 0. The van der Waals surface area contributed by atoms with Gasteiger partial charge in [0.2, 0.25) is 0 Å². The standard InChI is InChI=1S/C10H11N5O/c1-12-16-9-2-3-15(7-9)10-6-13-8(4-11)5-14-10/h5-6,9H,1-3,7H2/t9-/m1/s1. The molecule has 0 unspecified atom stereocenters. The number of nitriles is 1. The Bertz CT molecular complexity index is 410. The number of oxime groups is 1. The van der Waals surface area contributed by atoms with Crippen molar-refractivity contribution in [2.45, 2.75) is 12.5 Å². The molecule has 0 aromatic carbocycles. The highest BCUT2D eigenvalue weighted by Gasteiger charge is 2.24. The lowest BCUT2D eigenvalue weighted by atomic mass is 10.3. The fraction of sp³-hybridized carbons (Fsp3) is 0.400. The molecule has 0 bridgehead atoms. The first kappa shape index (κ1) is 10.4. The largest absolute Gasteiger partial charge is 0.391 e. The molecule has 6 nitrogen and oxygen atoms in total. The van der Waals surface area contributed by atoms with Gasteiger partial charge in [0.25, 0.3) is 0 Å². The molecule has 0 N–H and O–H groups in total. The quantitative estimate of drug-likeness (QED) is 0.546. The maximum absolute atomic E-state index is 8.60. The third-order valence-electron chi connectivity index (χ3n) is 2.45. The van der Waals surface area contributed by atoms with Crippen LogP contribution in [0.4, 0.5) is 5.82 Å². The Labute approximate surface area is 93.2 Å². The van der Waals surface area contributed by atoms with Crippen LogP contribution in [0.3, 0.4) is 0 Å². The van der Waals surface area contributed by atoms with Crippen molar-refractivity contribution in [2.75, 3.05) is 18.0 Å². The summed E-state index contributed by atoms with van der Waals surface area (Å²) in [4.78, 5) is 15.3. The van der Waals surface area contributed by atoms with Crippen LogP contribution in [0, 0.1) is 11.3 Å². The molecule has 16 heavy (non-hydrogen) atoms. The van der Waals surface area contributed by atoms with E-state index in [1.807, 2.05) is 11.0 Å². The third-order valence-corrected chi connectivity index (χ3v) is 2.45. The van der Waals surface area contributed by atoms with Crippen molar-refractivity contribution < 1.29 is 4.84 Å². The van der Waals surface area contributed by atoms with E-state index in [0.717, 1.165) is 25.3 Å². The molecule has 1 atom stereocenters. The van der Waals surface area contributed by atoms with E-state index in [1.54, 1.807) is 6.20 Å². The maximum atomic E-state index is 8.60. The van der Waals surface area contributed by atoms with E-state index in [2.05, 4.69) is 21.8 Å². The van der Waals surface area contributed by atoms with Crippen LogP contribution in [0.25, 0.3) is 0 Å². The van der Waals surface area contributed by atoms with Gasteiger partial charge in [-0.05, 0) is 0 Å². The molecule has 0 amide bonds. The van der Waals surface area contributed by atoms with Crippen LogP contribution in [0.1, 0.15) is 12.1 Å². The second-order valence-electron chi connectivity index (χ2n) is 3.46. The van der Waals surface area contributed by atoms with Gasteiger partial charge in [0.15, 0.2) is 5.69 Å². The Morgan fingerprint density at radius 3 is 3.06 bits per heavy atom. The zero-order chi connectivity index (χ0) is 11.4. The minimum Gasteiger partial charge on any atom is -0.391 e. The summed E-state index contributed by atoms with van der Waals surface area (Å²) in [5.74, 6) is 0.758. The van der Waals surface area contributed by atoms with Crippen molar-refractivity contribution in [3.63, 3.8) is 0 Å². The van der Waals surface area contributed by atoms with E-state index >= 15 is 0 Å². The SMILES string of the molecule is C=NO[C@@H]1CCN(c2cnc(C#N)cn2)C1. The van der Waals surface area contributed by atoms with Crippen LogP contribution in [0.2, 0.25) is 0 Å². The second kappa shape index (κ2) is 4.57. The number of rotatable bonds is 3. The Kier molecular flexibility index (Phi) is 2.96. The molecule has 0 saturated carbocycles. The molecule has 1 aliphatic rings. The van der Waals surface area contributed by atoms with Gasteiger partial charge < -0.3 is 9.74 Å². The number of anilines is 1. The number of hydrogen-bond acceptors (Lipinski definition) is 6. The second-order valence-corrected chi connectivity index (χ2v) is 3.46. The molecule has 1 saturated heterocycles. The minimum absolute atomic E-state index is 0.0648. The van der Waals surface area contributed by atoms with Crippen LogP contribution in [0.5, 0.6) is 0 Å². The summed E-state index contributed by atoms with van der Waals surface area (Å²) >= 11 is 0. The molecule has 2 rings (SSSR count).